The largest absolute Gasteiger partial charge is 0.384 e. The third-order valence-corrected chi connectivity index (χ3v) is 5.84. The number of fused-ring (bicyclic) bond motifs is 1. The molecule has 158 valence electrons. The van der Waals surface area contributed by atoms with Gasteiger partial charge in [0.15, 0.2) is 0 Å². The van der Waals surface area contributed by atoms with E-state index in [-0.39, 0.29) is 0 Å². The maximum Gasteiger partial charge on any atom is 0.0751 e. The molecule has 0 aliphatic carbocycles. The maximum absolute atomic E-state index is 5.05. The second-order valence-corrected chi connectivity index (χ2v) is 8.46. The van der Waals surface area contributed by atoms with Crippen molar-refractivity contribution in [2.75, 3.05) is 70.6 Å². The minimum absolute atomic E-state index is 0.950. The zero-order valence-corrected chi connectivity index (χ0v) is 18.4. The van der Waals surface area contributed by atoms with Crippen LogP contribution < -0.4 is 10.2 Å². The van der Waals surface area contributed by atoms with E-state index in [2.05, 4.69) is 95.8 Å². The molecule has 0 unspecified atom stereocenters. The lowest BCUT2D eigenvalue weighted by molar-refractivity contribution is 0.313. The van der Waals surface area contributed by atoms with Gasteiger partial charge in [-0.2, -0.15) is 0 Å². The Morgan fingerprint density at radius 1 is 0.967 bits per heavy atom. The molecule has 0 radical (unpaired) electrons. The van der Waals surface area contributed by atoms with Crippen LogP contribution in [0.1, 0.15) is 6.42 Å². The Morgan fingerprint density at radius 3 is 2.50 bits per heavy atom. The van der Waals surface area contributed by atoms with Crippen molar-refractivity contribution in [3.05, 3.63) is 54.6 Å². The van der Waals surface area contributed by atoms with Crippen molar-refractivity contribution in [3.8, 4) is 11.3 Å². The number of rotatable bonds is 7. The van der Waals surface area contributed by atoms with Crippen LogP contribution in [0.2, 0.25) is 0 Å². The van der Waals surface area contributed by atoms with E-state index in [0.29, 0.717) is 0 Å². The number of pyridine rings is 1. The molecule has 0 bridgehead atoms. The highest BCUT2D eigenvalue weighted by Gasteiger charge is 2.18. The number of piperazine rings is 1. The minimum atomic E-state index is 0.950. The van der Waals surface area contributed by atoms with Gasteiger partial charge in [0, 0.05) is 55.0 Å². The maximum atomic E-state index is 5.05. The van der Waals surface area contributed by atoms with Crippen molar-refractivity contribution in [2.24, 2.45) is 0 Å². The van der Waals surface area contributed by atoms with Crippen LogP contribution in [0.5, 0.6) is 0 Å². The Morgan fingerprint density at radius 2 is 1.70 bits per heavy atom. The molecule has 3 aromatic rings. The smallest absolute Gasteiger partial charge is 0.0751 e. The highest BCUT2D eigenvalue weighted by molar-refractivity contribution is 5.95. The summed E-state index contributed by atoms with van der Waals surface area (Å²) in [6.45, 7) is 6.32. The highest BCUT2D eigenvalue weighted by Crippen LogP contribution is 2.34. The van der Waals surface area contributed by atoms with Gasteiger partial charge in [0.25, 0.3) is 0 Å². The first-order valence-electron chi connectivity index (χ1n) is 10.9. The average molecular weight is 404 g/mol. The van der Waals surface area contributed by atoms with Gasteiger partial charge < -0.3 is 20.0 Å². The molecule has 1 N–H and O–H groups in total. The summed E-state index contributed by atoms with van der Waals surface area (Å²) in [5.74, 6) is 0. The van der Waals surface area contributed by atoms with Gasteiger partial charge in [-0.05, 0) is 52.3 Å². The van der Waals surface area contributed by atoms with E-state index in [1.165, 1.54) is 22.3 Å². The lowest BCUT2D eigenvalue weighted by Crippen LogP contribution is -2.44. The summed E-state index contributed by atoms with van der Waals surface area (Å²) in [6, 6.07) is 19.4. The molecule has 1 fully saturated rings. The summed E-state index contributed by atoms with van der Waals surface area (Å²) < 4.78 is 0. The van der Waals surface area contributed by atoms with E-state index < -0.39 is 0 Å². The van der Waals surface area contributed by atoms with Gasteiger partial charge in [-0.25, -0.2) is 4.98 Å². The molecule has 4 rings (SSSR count). The van der Waals surface area contributed by atoms with Crippen molar-refractivity contribution in [2.45, 2.75) is 6.42 Å². The van der Waals surface area contributed by atoms with Crippen molar-refractivity contribution >= 4 is 22.3 Å². The van der Waals surface area contributed by atoms with Crippen LogP contribution in [0.3, 0.4) is 0 Å². The van der Waals surface area contributed by atoms with Gasteiger partial charge in [0.1, 0.15) is 0 Å². The molecule has 30 heavy (non-hydrogen) atoms. The first-order valence-corrected chi connectivity index (χ1v) is 10.9. The number of aromatic nitrogens is 1. The van der Waals surface area contributed by atoms with E-state index in [4.69, 9.17) is 4.98 Å². The van der Waals surface area contributed by atoms with Gasteiger partial charge in [0.2, 0.25) is 0 Å². The Labute approximate surface area is 180 Å². The molecular weight excluding hydrogens is 370 g/mol. The fourth-order valence-corrected chi connectivity index (χ4v) is 4.09. The topological polar surface area (TPSA) is 34.6 Å². The van der Waals surface area contributed by atoms with Crippen molar-refractivity contribution in [1.82, 2.24) is 14.8 Å². The Bertz CT molecular complexity index is 976. The predicted octanol–water partition coefficient (Wildman–Crippen LogP) is 4.02. The average Bonchev–Trinajstić information content (AvgIpc) is 2.77. The number of nitrogens with one attached hydrogen (secondary N) is 1. The number of likely N-dealkylation sites (N-methyl/N-ethyl adjacent to an activating group) is 1. The van der Waals surface area contributed by atoms with E-state index in [0.717, 1.165) is 56.9 Å². The molecule has 0 saturated carbocycles. The second kappa shape index (κ2) is 9.45. The minimum Gasteiger partial charge on any atom is -0.384 e. The van der Waals surface area contributed by atoms with Crippen LogP contribution in [-0.4, -0.2) is 75.2 Å². The van der Waals surface area contributed by atoms with Crippen LogP contribution in [-0.2, 0) is 0 Å². The lowest BCUT2D eigenvalue weighted by Gasteiger charge is -2.35. The molecule has 0 amide bonds. The Balaban J connectivity index is 1.68. The molecule has 1 saturated heterocycles. The zero-order chi connectivity index (χ0) is 20.9. The van der Waals surface area contributed by atoms with Crippen LogP contribution in [0.25, 0.3) is 22.2 Å². The van der Waals surface area contributed by atoms with Gasteiger partial charge >= 0.3 is 0 Å². The SMILES string of the molecule is CN(C)CCCNc1cc(-c2ccccc2N2CCN(C)CC2)nc2ccccc12. The molecule has 2 heterocycles. The predicted molar refractivity (Wildman–Crippen MR) is 129 cm³/mol. The van der Waals surface area contributed by atoms with E-state index in [1.807, 2.05) is 0 Å². The molecule has 1 aliphatic rings. The standard InChI is InChI=1S/C25H33N5/c1-28(2)14-8-13-26-23-19-24(27-22-11-6-4-9-20(22)23)21-10-5-7-12-25(21)30-17-15-29(3)16-18-30/h4-7,9-12,19H,8,13-18H2,1-3H3,(H,26,27). The van der Waals surface area contributed by atoms with E-state index in [9.17, 15) is 0 Å². The van der Waals surface area contributed by atoms with Gasteiger partial charge in [-0.1, -0.05) is 36.4 Å². The summed E-state index contributed by atoms with van der Waals surface area (Å²) in [5, 5.41) is 4.85. The number of anilines is 2. The zero-order valence-electron chi connectivity index (χ0n) is 18.4. The number of hydrogen-bond acceptors (Lipinski definition) is 5. The molecule has 5 nitrogen and oxygen atoms in total. The van der Waals surface area contributed by atoms with E-state index in [1.54, 1.807) is 0 Å². The summed E-state index contributed by atoms with van der Waals surface area (Å²) in [6.07, 6.45) is 1.11. The monoisotopic (exact) mass is 403 g/mol. The third-order valence-electron chi connectivity index (χ3n) is 5.84. The van der Waals surface area contributed by atoms with Crippen LogP contribution >= 0.6 is 0 Å². The second-order valence-electron chi connectivity index (χ2n) is 8.46. The summed E-state index contributed by atoms with van der Waals surface area (Å²) in [5.41, 5.74) is 5.75. The first-order chi connectivity index (χ1) is 14.6. The molecule has 1 aliphatic heterocycles. The molecule has 1 aromatic heterocycles. The van der Waals surface area contributed by atoms with Gasteiger partial charge in [0.05, 0.1) is 11.2 Å². The van der Waals surface area contributed by atoms with Crippen molar-refractivity contribution in [3.63, 3.8) is 0 Å². The van der Waals surface area contributed by atoms with Crippen LogP contribution in [0.15, 0.2) is 54.6 Å². The molecule has 0 atom stereocenters. The van der Waals surface area contributed by atoms with Crippen molar-refractivity contribution < 1.29 is 0 Å². The van der Waals surface area contributed by atoms with Crippen molar-refractivity contribution in [1.29, 1.82) is 0 Å². The quantitative estimate of drug-likeness (QED) is 0.603. The third kappa shape index (κ3) is 4.74. The van der Waals surface area contributed by atoms with E-state index >= 15 is 0 Å². The number of benzene rings is 2. The Kier molecular flexibility index (Phi) is 6.50. The first kappa shape index (κ1) is 20.6. The highest BCUT2D eigenvalue weighted by atomic mass is 15.2. The normalized spacial score (nSPS) is 15.1. The summed E-state index contributed by atoms with van der Waals surface area (Å²) >= 11 is 0. The number of nitrogens with zero attached hydrogens (tertiary/aromatic N) is 4. The summed E-state index contributed by atoms with van der Waals surface area (Å²) in [7, 11) is 6.44. The van der Waals surface area contributed by atoms with Crippen LogP contribution in [0, 0.1) is 0 Å². The van der Waals surface area contributed by atoms with Crippen LogP contribution in [0.4, 0.5) is 11.4 Å². The number of para-hydroxylation sites is 2. The molecule has 0 spiro atoms. The fraction of sp³-hybridized carbons (Fsp3) is 0.400. The molecule has 5 heteroatoms. The Hall–Kier alpha value is -2.63. The number of hydrogen-bond donors (Lipinski definition) is 1. The van der Waals surface area contributed by atoms with Gasteiger partial charge in [-0.3, -0.25) is 0 Å². The lowest BCUT2D eigenvalue weighted by atomic mass is 10.0. The molecule has 2 aromatic carbocycles. The van der Waals surface area contributed by atoms with Gasteiger partial charge in [-0.15, -0.1) is 0 Å². The summed E-state index contributed by atoms with van der Waals surface area (Å²) in [4.78, 5) is 12.2. The molecular formula is C25H33N5. The fourth-order valence-electron chi connectivity index (χ4n) is 4.09.